The predicted octanol–water partition coefficient (Wildman–Crippen LogP) is 5.16. The van der Waals surface area contributed by atoms with Crippen molar-refractivity contribution in [3.8, 4) is 11.3 Å². The van der Waals surface area contributed by atoms with Crippen LogP contribution in [0.25, 0.3) is 16.9 Å². The summed E-state index contributed by atoms with van der Waals surface area (Å²) in [5.41, 5.74) is 8.51. The standard InChI is InChI=1S/C26H25N3O/c1-18-7-10-22(11-8-18)25-17-29-16-21(9-12-26(29)28-25)14-27-15-23(30)13-24-19(2)5-4-6-20(24)3/h4-12,14,16-17H,13,15H2,1-3H3. The number of hydrogen-bond acceptors (Lipinski definition) is 3. The van der Waals surface area contributed by atoms with E-state index in [4.69, 9.17) is 0 Å². The van der Waals surface area contributed by atoms with Crippen molar-refractivity contribution in [3.05, 3.63) is 94.8 Å². The fourth-order valence-corrected chi connectivity index (χ4v) is 3.58. The highest BCUT2D eigenvalue weighted by Gasteiger charge is 2.08. The second-order valence-corrected chi connectivity index (χ2v) is 7.78. The van der Waals surface area contributed by atoms with Gasteiger partial charge in [-0.05, 0) is 49.6 Å². The van der Waals surface area contributed by atoms with Crippen molar-refractivity contribution < 1.29 is 4.79 Å². The number of benzene rings is 2. The van der Waals surface area contributed by atoms with Crippen LogP contribution >= 0.6 is 0 Å². The lowest BCUT2D eigenvalue weighted by Gasteiger charge is -2.07. The summed E-state index contributed by atoms with van der Waals surface area (Å²) in [5.74, 6) is 0.119. The summed E-state index contributed by atoms with van der Waals surface area (Å²) >= 11 is 0. The first-order chi connectivity index (χ1) is 14.5. The van der Waals surface area contributed by atoms with Gasteiger partial charge in [0.1, 0.15) is 5.65 Å². The van der Waals surface area contributed by atoms with Crippen LogP contribution in [0.3, 0.4) is 0 Å². The Kier molecular flexibility index (Phi) is 5.57. The maximum Gasteiger partial charge on any atom is 0.158 e. The van der Waals surface area contributed by atoms with E-state index in [9.17, 15) is 4.79 Å². The first kappa shape index (κ1) is 19.8. The summed E-state index contributed by atoms with van der Waals surface area (Å²) in [6.07, 6.45) is 6.19. The third-order valence-electron chi connectivity index (χ3n) is 5.35. The molecule has 0 saturated heterocycles. The average Bonchev–Trinajstić information content (AvgIpc) is 3.15. The van der Waals surface area contributed by atoms with E-state index in [2.05, 4.69) is 41.2 Å². The molecule has 0 N–H and O–H groups in total. The largest absolute Gasteiger partial charge is 0.306 e. The smallest absolute Gasteiger partial charge is 0.158 e. The Balaban J connectivity index is 1.45. The Morgan fingerprint density at radius 3 is 2.43 bits per heavy atom. The van der Waals surface area contributed by atoms with Crippen LogP contribution in [0.2, 0.25) is 0 Å². The molecule has 2 aromatic carbocycles. The van der Waals surface area contributed by atoms with Gasteiger partial charge in [0.05, 0.1) is 12.2 Å². The number of hydrogen-bond donors (Lipinski definition) is 0. The topological polar surface area (TPSA) is 46.7 Å². The summed E-state index contributed by atoms with van der Waals surface area (Å²) in [6.45, 7) is 6.35. The summed E-state index contributed by atoms with van der Waals surface area (Å²) in [7, 11) is 0. The van der Waals surface area contributed by atoms with Crippen molar-refractivity contribution in [1.82, 2.24) is 9.38 Å². The van der Waals surface area contributed by atoms with Gasteiger partial charge in [0.15, 0.2) is 5.78 Å². The monoisotopic (exact) mass is 395 g/mol. The van der Waals surface area contributed by atoms with Crippen molar-refractivity contribution in [2.24, 2.45) is 4.99 Å². The van der Waals surface area contributed by atoms with Crippen LogP contribution in [0.1, 0.15) is 27.8 Å². The summed E-state index contributed by atoms with van der Waals surface area (Å²) in [5, 5.41) is 0. The van der Waals surface area contributed by atoms with Crippen LogP contribution in [0.4, 0.5) is 0 Å². The van der Waals surface area contributed by atoms with E-state index in [0.717, 1.165) is 39.2 Å². The number of aliphatic imine (C=N–C) groups is 1. The number of Topliss-reactive ketones (excluding diaryl/α,β-unsaturated/α-hetero) is 1. The maximum atomic E-state index is 12.4. The van der Waals surface area contributed by atoms with E-state index in [1.807, 2.05) is 61.0 Å². The van der Waals surface area contributed by atoms with Gasteiger partial charge in [-0.3, -0.25) is 9.79 Å². The molecule has 0 radical (unpaired) electrons. The summed E-state index contributed by atoms with van der Waals surface area (Å²) in [4.78, 5) is 21.4. The SMILES string of the molecule is Cc1ccc(-c2cn3cc(C=NCC(=O)Cc4c(C)cccc4C)ccc3n2)cc1. The first-order valence-corrected chi connectivity index (χ1v) is 10.1. The van der Waals surface area contributed by atoms with Gasteiger partial charge in [-0.15, -0.1) is 0 Å². The lowest BCUT2D eigenvalue weighted by molar-refractivity contribution is -0.117. The molecule has 0 aliphatic rings. The molecule has 2 aromatic heterocycles. The molecule has 0 unspecified atom stereocenters. The third kappa shape index (κ3) is 4.38. The van der Waals surface area contributed by atoms with Crippen LogP contribution < -0.4 is 0 Å². The van der Waals surface area contributed by atoms with Gasteiger partial charge in [0, 0.05) is 36.2 Å². The number of aryl methyl sites for hydroxylation is 3. The summed E-state index contributed by atoms with van der Waals surface area (Å²) in [6, 6.07) is 18.4. The molecule has 4 aromatic rings. The fourth-order valence-electron chi connectivity index (χ4n) is 3.58. The number of pyridine rings is 1. The zero-order valence-electron chi connectivity index (χ0n) is 17.6. The van der Waals surface area contributed by atoms with Crippen LogP contribution in [0, 0.1) is 20.8 Å². The Morgan fingerprint density at radius 2 is 1.70 bits per heavy atom. The number of imidazole rings is 1. The van der Waals surface area contributed by atoms with Gasteiger partial charge in [0.25, 0.3) is 0 Å². The van der Waals surface area contributed by atoms with Crippen LogP contribution in [-0.4, -0.2) is 27.9 Å². The van der Waals surface area contributed by atoms with Gasteiger partial charge in [-0.25, -0.2) is 4.98 Å². The maximum absolute atomic E-state index is 12.4. The van der Waals surface area contributed by atoms with E-state index in [0.29, 0.717) is 6.42 Å². The predicted molar refractivity (Wildman–Crippen MR) is 122 cm³/mol. The number of aromatic nitrogens is 2. The van der Waals surface area contributed by atoms with E-state index in [1.165, 1.54) is 5.56 Å². The molecule has 0 atom stereocenters. The van der Waals surface area contributed by atoms with Gasteiger partial charge in [-0.2, -0.15) is 0 Å². The fraction of sp³-hybridized carbons (Fsp3) is 0.192. The molecule has 4 rings (SSSR count). The molecule has 0 saturated carbocycles. The lowest BCUT2D eigenvalue weighted by Crippen LogP contribution is -2.09. The highest BCUT2D eigenvalue weighted by molar-refractivity contribution is 5.87. The Morgan fingerprint density at radius 1 is 0.967 bits per heavy atom. The summed E-state index contributed by atoms with van der Waals surface area (Å²) < 4.78 is 2.00. The van der Waals surface area contributed by atoms with Crippen molar-refractivity contribution >= 4 is 17.6 Å². The van der Waals surface area contributed by atoms with Crippen molar-refractivity contribution in [2.75, 3.05) is 6.54 Å². The van der Waals surface area contributed by atoms with Crippen molar-refractivity contribution in [2.45, 2.75) is 27.2 Å². The van der Waals surface area contributed by atoms with Crippen LogP contribution in [0.5, 0.6) is 0 Å². The number of carbonyl (C=O) groups excluding carboxylic acids is 1. The van der Waals surface area contributed by atoms with Gasteiger partial charge in [-0.1, -0.05) is 48.0 Å². The number of carbonyl (C=O) groups is 1. The first-order valence-electron chi connectivity index (χ1n) is 10.1. The molecule has 0 amide bonds. The molecular weight excluding hydrogens is 370 g/mol. The minimum absolute atomic E-state index is 0.119. The Bertz CT molecular complexity index is 1210. The molecule has 4 heteroatoms. The molecule has 4 nitrogen and oxygen atoms in total. The molecule has 2 heterocycles. The molecule has 0 bridgehead atoms. The zero-order chi connectivity index (χ0) is 21.1. The normalized spacial score (nSPS) is 11.4. The molecule has 30 heavy (non-hydrogen) atoms. The Labute approximate surface area is 176 Å². The van der Waals surface area contributed by atoms with Crippen LogP contribution in [0.15, 0.2) is 72.0 Å². The minimum atomic E-state index is 0.119. The number of rotatable bonds is 6. The van der Waals surface area contributed by atoms with Crippen LogP contribution in [-0.2, 0) is 11.2 Å². The highest BCUT2D eigenvalue weighted by atomic mass is 16.1. The molecule has 0 aliphatic carbocycles. The Hall–Kier alpha value is -3.53. The minimum Gasteiger partial charge on any atom is -0.306 e. The van der Waals surface area contributed by atoms with Gasteiger partial charge in [0.2, 0.25) is 0 Å². The van der Waals surface area contributed by atoms with Crippen molar-refractivity contribution in [1.29, 1.82) is 0 Å². The lowest BCUT2D eigenvalue weighted by atomic mass is 9.98. The third-order valence-corrected chi connectivity index (χ3v) is 5.35. The second-order valence-electron chi connectivity index (χ2n) is 7.78. The van der Waals surface area contributed by atoms with E-state index >= 15 is 0 Å². The van der Waals surface area contributed by atoms with E-state index in [-0.39, 0.29) is 12.3 Å². The van der Waals surface area contributed by atoms with E-state index < -0.39 is 0 Å². The van der Waals surface area contributed by atoms with Crippen molar-refractivity contribution in [3.63, 3.8) is 0 Å². The number of ketones is 1. The highest BCUT2D eigenvalue weighted by Crippen LogP contribution is 2.20. The van der Waals surface area contributed by atoms with E-state index in [1.54, 1.807) is 6.21 Å². The quantitative estimate of drug-likeness (QED) is 0.424. The zero-order valence-corrected chi connectivity index (χ0v) is 17.6. The van der Waals surface area contributed by atoms with Gasteiger partial charge >= 0.3 is 0 Å². The molecule has 150 valence electrons. The molecule has 0 spiro atoms. The second kappa shape index (κ2) is 8.46. The number of fused-ring (bicyclic) bond motifs is 1. The number of nitrogens with zero attached hydrogens (tertiary/aromatic N) is 3. The molecular formula is C26H25N3O. The van der Waals surface area contributed by atoms with Gasteiger partial charge < -0.3 is 4.40 Å². The molecule has 0 aliphatic heterocycles. The molecule has 0 fully saturated rings. The average molecular weight is 396 g/mol.